The second-order valence-electron chi connectivity index (χ2n) is 6.22. The summed E-state index contributed by atoms with van der Waals surface area (Å²) in [6, 6.07) is 8.62. The second kappa shape index (κ2) is 7.03. The van der Waals surface area contributed by atoms with Gasteiger partial charge in [-0.2, -0.15) is 5.10 Å². The van der Waals surface area contributed by atoms with E-state index in [0.717, 1.165) is 30.6 Å². The molecule has 0 bridgehead atoms. The van der Waals surface area contributed by atoms with E-state index in [1.54, 1.807) is 12.1 Å². The Morgan fingerprint density at radius 1 is 1.29 bits per heavy atom. The van der Waals surface area contributed by atoms with E-state index in [-0.39, 0.29) is 5.82 Å². The number of aryl methyl sites for hydroxylation is 1. The van der Waals surface area contributed by atoms with Gasteiger partial charge in [-0.05, 0) is 43.5 Å². The van der Waals surface area contributed by atoms with Crippen LogP contribution in [0.1, 0.15) is 42.6 Å². The molecule has 128 valence electrons. The van der Waals surface area contributed by atoms with Gasteiger partial charge in [0.1, 0.15) is 5.82 Å². The zero-order chi connectivity index (χ0) is 17.1. The molecule has 1 aromatic heterocycles. The van der Waals surface area contributed by atoms with Crippen LogP contribution in [0.5, 0.6) is 0 Å². The number of hydrogen-bond donors (Lipinski definition) is 1. The standard InChI is InChI=1S/C18H22FN3O2/c1-2-22-17(14-7-9-21(10-8-14)18(23)24)12-16(20-22)11-13-3-5-15(19)6-4-13/h3-6,12,14H,2,7-11H2,1H3,(H,23,24). The molecule has 1 aromatic carbocycles. The molecule has 1 N–H and O–H groups in total. The number of benzene rings is 1. The van der Waals surface area contributed by atoms with Gasteiger partial charge in [0.2, 0.25) is 0 Å². The molecular weight excluding hydrogens is 309 g/mol. The summed E-state index contributed by atoms with van der Waals surface area (Å²) < 4.78 is 15.0. The Morgan fingerprint density at radius 3 is 2.54 bits per heavy atom. The zero-order valence-corrected chi connectivity index (χ0v) is 13.8. The summed E-state index contributed by atoms with van der Waals surface area (Å²) in [6.45, 7) is 3.99. The number of carbonyl (C=O) groups is 1. The lowest BCUT2D eigenvalue weighted by Crippen LogP contribution is -2.37. The molecule has 0 spiro atoms. The van der Waals surface area contributed by atoms with Crippen LogP contribution in [0.2, 0.25) is 0 Å². The van der Waals surface area contributed by atoms with Crippen LogP contribution >= 0.6 is 0 Å². The van der Waals surface area contributed by atoms with Gasteiger partial charge in [0.15, 0.2) is 0 Å². The summed E-state index contributed by atoms with van der Waals surface area (Å²) in [5.74, 6) is 0.110. The molecule has 24 heavy (non-hydrogen) atoms. The summed E-state index contributed by atoms with van der Waals surface area (Å²) in [5.41, 5.74) is 3.18. The van der Waals surface area contributed by atoms with Gasteiger partial charge in [0.05, 0.1) is 5.69 Å². The van der Waals surface area contributed by atoms with Gasteiger partial charge in [-0.15, -0.1) is 0 Å². The minimum atomic E-state index is -0.838. The molecule has 5 nitrogen and oxygen atoms in total. The summed E-state index contributed by atoms with van der Waals surface area (Å²) in [4.78, 5) is 12.5. The minimum Gasteiger partial charge on any atom is -0.465 e. The Hall–Kier alpha value is -2.37. The van der Waals surface area contributed by atoms with Crippen molar-refractivity contribution in [2.24, 2.45) is 0 Å². The van der Waals surface area contributed by atoms with Crippen molar-refractivity contribution in [1.29, 1.82) is 0 Å². The normalized spacial score (nSPS) is 15.7. The lowest BCUT2D eigenvalue weighted by molar-refractivity contribution is 0.131. The molecule has 1 fully saturated rings. The minimum absolute atomic E-state index is 0.233. The van der Waals surface area contributed by atoms with E-state index in [1.807, 2.05) is 4.68 Å². The van der Waals surface area contributed by atoms with Gasteiger partial charge in [0, 0.05) is 37.7 Å². The summed E-state index contributed by atoms with van der Waals surface area (Å²) >= 11 is 0. The van der Waals surface area contributed by atoms with Crippen molar-refractivity contribution in [1.82, 2.24) is 14.7 Å². The van der Waals surface area contributed by atoms with E-state index < -0.39 is 6.09 Å². The fourth-order valence-electron chi connectivity index (χ4n) is 3.33. The number of hydrogen-bond acceptors (Lipinski definition) is 2. The van der Waals surface area contributed by atoms with Crippen LogP contribution in [0.15, 0.2) is 30.3 Å². The number of likely N-dealkylation sites (tertiary alicyclic amines) is 1. The lowest BCUT2D eigenvalue weighted by atomic mass is 9.93. The maximum Gasteiger partial charge on any atom is 0.407 e. The summed E-state index contributed by atoms with van der Waals surface area (Å²) in [5, 5.41) is 13.7. The molecule has 0 aliphatic carbocycles. The van der Waals surface area contributed by atoms with E-state index in [2.05, 4.69) is 18.1 Å². The quantitative estimate of drug-likeness (QED) is 0.933. The van der Waals surface area contributed by atoms with Gasteiger partial charge in [-0.25, -0.2) is 9.18 Å². The number of halogens is 1. The molecule has 1 saturated heterocycles. The van der Waals surface area contributed by atoms with Crippen LogP contribution in [0.3, 0.4) is 0 Å². The van der Waals surface area contributed by atoms with Crippen LogP contribution in [0.4, 0.5) is 9.18 Å². The highest BCUT2D eigenvalue weighted by molar-refractivity contribution is 5.65. The Morgan fingerprint density at radius 2 is 1.96 bits per heavy atom. The van der Waals surface area contributed by atoms with Gasteiger partial charge in [0.25, 0.3) is 0 Å². The molecule has 0 atom stereocenters. The third kappa shape index (κ3) is 3.58. The average Bonchev–Trinajstić information content (AvgIpc) is 3.00. The van der Waals surface area contributed by atoms with Gasteiger partial charge >= 0.3 is 6.09 Å². The fourth-order valence-corrected chi connectivity index (χ4v) is 3.33. The van der Waals surface area contributed by atoms with Gasteiger partial charge in [-0.1, -0.05) is 12.1 Å². The summed E-state index contributed by atoms with van der Waals surface area (Å²) in [6.07, 6.45) is 1.49. The molecular formula is C18H22FN3O2. The predicted molar refractivity (Wildman–Crippen MR) is 88.7 cm³/mol. The summed E-state index contributed by atoms with van der Waals surface area (Å²) in [7, 11) is 0. The molecule has 3 rings (SSSR count). The monoisotopic (exact) mass is 331 g/mol. The Balaban J connectivity index is 1.73. The number of nitrogens with zero attached hydrogens (tertiary/aromatic N) is 3. The Kier molecular flexibility index (Phi) is 4.83. The largest absolute Gasteiger partial charge is 0.465 e. The highest BCUT2D eigenvalue weighted by Crippen LogP contribution is 2.29. The molecule has 0 saturated carbocycles. The van der Waals surface area contributed by atoms with E-state index in [9.17, 15) is 9.18 Å². The number of piperidine rings is 1. The Labute approximate surface area is 140 Å². The maximum absolute atomic E-state index is 13.0. The van der Waals surface area contributed by atoms with E-state index in [4.69, 9.17) is 5.11 Å². The van der Waals surface area contributed by atoms with Crippen LogP contribution in [-0.2, 0) is 13.0 Å². The average molecular weight is 331 g/mol. The first-order valence-electron chi connectivity index (χ1n) is 8.35. The molecule has 1 aliphatic rings. The maximum atomic E-state index is 13.0. The number of carboxylic acid groups (broad SMARTS) is 1. The molecule has 6 heteroatoms. The van der Waals surface area contributed by atoms with E-state index >= 15 is 0 Å². The van der Waals surface area contributed by atoms with E-state index in [1.165, 1.54) is 22.7 Å². The van der Waals surface area contributed by atoms with Crippen LogP contribution in [0, 0.1) is 5.82 Å². The molecule has 0 unspecified atom stereocenters. The van der Waals surface area contributed by atoms with Crippen LogP contribution in [-0.4, -0.2) is 39.0 Å². The number of rotatable bonds is 4. The Bertz CT molecular complexity index is 704. The van der Waals surface area contributed by atoms with Crippen molar-refractivity contribution in [3.05, 3.63) is 53.1 Å². The molecule has 2 heterocycles. The van der Waals surface area contributed by atoms with Gasteiger partial charge < -0.3 is 10.0 Å². The van der Waals surface area contributed by atoms with Crippen molar-refractivity contribution < 1.29 is 14.3 Å². The van der Waals surface area contributed by atoms with Crippen LogP contribution < -0.4 is 0 Å². The first-order valence-corrected chi connectivity index (χ1v) is 8.35. The van der Waals surface area contributed by atoms with Crippen LogP contribution in [0.25, 0.3) is 0 Å². The predicted octanol–water partition coefficient (Wildman–Crippen LogP) is 3.49. The second-order valence-corrected chi connectivity index (χ2v) is 6.22. The van der Waals surface area contributed by atoms with Crippen molar-refractivity contribution in [3.8, 4) is 0 Å². The van der Waals surface area contributed by atoms with Crippen molar-refractivity contribution in [2.45, 2.75) is 38.6 Å². The molecule has 2 aromatic rings. The molecule has 1 aliphatic heterocycles. The first-order chi connectivity index (χ1) is 11.6. The van der Waals surface area contributed by atoms with E-state index in [0.29, 0.717) is 25.4 Å². The zero-order valence-electron chi connectivity index (χ0n) is 13.8. The van der Waals surface area contributed by atoms with Crippen molar-refractivity contribution in [2.75, 3.05) is 13.1 Å². The third-order valence-corrected chi connectivity index (χ3v) is 4.64. The van der Waals surface area contributed by atoms with Gasteiger partial charge in [-0.3, -0.25) is 4.68 Å². The fraction of sp³-hybridized carbons (Fsp3) is 0.444. The molecule has 1 amide bonds. The first kappa shape index (κ1) is 16.5. The number of amides is 1. The number of aromatic nitrogens is 2. The topological polar surface area (TPSA) is 58.4 Å². The van der Waals surface area contributed by atoms with Crippen molar-refractivity contribution in [3.63, 3.8) is 0 Å². The highest BCUT2D eigenvalue weighted by atomic mass is 19.1. The smallest absolute Gasteiger partial charge is 0.407 e. The SMILES string of the molecule is CCn1nc(Cc2ccc(F)cc2)cc1C1CCN(C(=O)O)CC1. The van der Waals surface area contributed by atoms with Crippen molar-refractivity contribution >= 4 is 6.09 Å². The third-order valence-electron chi connectivity index (χ3n) is 4.64. The lowest BCUT2D eigenvalue weighted by Gasteiger charge is -2.30. The highest BCUT2D eigenvalue weighted by Gasteiger charge is 2.26. The molecule has 0 radical (unpaired) electrons.